The minimum Gasteiger partial charge on any atom is -0.364 e. The number of amides is 1. The average molecular weight is 180 g/mol. The van der Waals surface area contributed by atoms with E-state index in [1.807, 2.05) is 11.8 Å². The Labute approximate surface area is 76.5 Å². The molecule has 4 heteroatoms. The van der Waals surface area contributed by atoms with Crippen LogP contribution in [0.3, 0.4) is 0 Å². The molecule has 1 aromatic rings. The van der Waals surface area contributed by atoms with Gasteiger partial charge in [0, 0.05) is 18.7 Å². The predicted octanol–water partition coefficient (Wildman–Crippen LogP) is 1.22. The zero-order chi connectivity index (χ0) is 9.26. The molecule has 0 aliphatic carbocycles. The largest absolute Gasteiger partial charge is 0.364 e. The van der Waals surface area contributed by atoms with Gasteiger partial charge in [-0.05, 0) is 19.8 Å². The fraction of sp³-hybridized carbons (Fsp3) is 0.556. The second-order valence-electron chi connectivity index (χ2n) is 3.35. The highest BCUT2D eigenvalue weighted by molar-refractivity contribution is 5.93. The molecule has 4 nitrogen and oxygen atoms in total. The van der Waals surface area contributed by atoms with Crippen molar-refractivity contribution < 1.29 is 9.32 Å². The Morgan fingerprint density at radius 2 is 2.23 bits per heavy atom. The molecule has 1 aliphatic rings. The van der Waals surface area contributed by atoms with Crippen LogP contribution in [0, 0.1) is 6.92 Å². The molecule has 0 N–H and O–H groups in total. The van der Waals surface area contributed by atoms with Crippen LogP contribution in [0.2, 0.25) is 0 Å². The van der Waals surface area contributed by atoms with Crippen molar-refractivity contribution in [2.45, 2.75) is 19.8 Å². The van der Waals surface area contributed by atoms with E-state index in [4.69, 9.17) is 4.52 Å². The molecule has 70 valence electrons. The third-order valence-corrected chi connectivity index (χ3v) is 2.34. The zero-order valence-corrected chi connectivity index (χ0v) is 7.62. The van der Waals surface area contributed by atoms with Gasteiger partial charge in [-0.15, -0.1) is 0 Å². The van der Waals surface area contributed by atoms with E-state index in [9.17, 15) is 4.79 Å². The highest BCUT2D eigenvalue weighted by Crippen LogP contribution is 2.13. The maximum absolute atomic E-state index is 11.7. The Morgan fingerprint density at radius 1 is 1.54 bits per heavy atom. The van der Waals surface area contributed by atoms with Crippen LogP contribution in [0.4, 0.5) is 0 Å². The minimum atomic E-state index is 0.00347. The fourth-order valence-electron chi connectivity index (χ4n) is 1.56. The summed E-state index contributed by atoms with van der Waals surface area (Å²) in [6.07, 6.45) is 3.70. The van der Waals surface area contributed by atoms with E-state index in [-0.39, 0.29) is 5.91 Å². The van der Waals surface area contributed by atoms with Crippen LogP contribution >= 0.6 is 0 Å². The zero-order valence-electron chi connectivity index (χ0n) is 7.62. The highest BCUT2D eigenvalue weighted by Gasteiger charge is 2.23. The quantitative estimate of drug-likeness (QED) is 0.652. The number of aryl methyl sites for hydroxylation is 1. The van der Waals surface area contributed by atoms with Crippen molar-refractivity contribution in [3.63, 3.8) is 0 Å². The van der Waals surface area contributed by atoms with E-state index in [0.717, 1.165) is 31.5 Å². The van der Waals surface area contributed by atoms with Gasteiger partial charge in [0.2, 0.25) is 0 Å². The van der Waals surface area contributed by atoms with Crippen molar-refractivity contribution >= 4 is 5.91 Å². The van der Waals surface area contributed by atoms with Gasteiger partial charge in [-0.25, -0.2) is 0 Å². The molecule has 0 atom stereocenters. The predicted molar refractivity (Wildman–Crippen MR) is 46.4 cm³/mol. The Bertz CT molecular complexity index is 313. The molecule has 1 aliphatic heterocycles. The van der Waals surface area contributed by atoms with Crippen molar-refractivity contribution in [3.8, 4) is 0 Å². The molecular weight excluding hydrogens is 168 g/mol. The smallest absolute Gasteiger partial charge is 0.276 e. The molecule has 0 radical (unpaired) electrons. The van der Waals surface area contributed by atoms with Crippen LogP contribution in [-0.2, 0) is 0 Å². The van der Waals surface area contributed by atoms with E-state index in [1.54, 1.807) is 0 Å². The molecule has 0 aromatic carbocycles. The SMILES string of the molecule is Cc1conc1C(=O)N1CCCC1. The van der Waals surface area contributed by atoms with Gasteiger partial charge < -0.3 is 9.42 Å². The molecule has 1 aromatic heterocycles. The van der Waals surface area contributed by atoms with Gasteiger partial charge in [0.25, 0.3) is 5.91 Å². The van der Waals surface area contributed by atoms with Gasteiger partial charge >= 0.3 is 0 Å². The Balaban J connectivity index is 2.17. The summed E-state index contributed by atoms with van der Waals surface area (Å²) in [4.78, 5) is 13.6. The summed E-state index contributed by atoms with van der Waals surface area (Å²) in [7, 11) is 0. The molecule has 0 bridgehead atoms. The molecule has 13 heavy (non-hydrogen) atoms. The Hall–Kier alpha value is -1.32. The van der Waals surface area contributed by atoms with Crippen LogP contribution in [0.15, 0.2) is 10.8 Å². The molecule has 2 heterocycles. The van der Waals surface area contributed by atoms with Gasteiger partial charge in [0.05, 0.1) is 0 Å². The number of hydrogen-bond acceptors (Lipinski definition) is 3. The van der Waals surface area contributed by atoms with E-state index in [1.165, 1.54) is 6.26 Å². The van der Waals surface area contributed by atoms with Crippen LogP contribution in [-0.4, -0.2) is 29.1 Å². The topological polar surface area (TPSA) is 46.3 Å². The van der Waals surface area contributed by atoms with Gasteiger partial charge in [-0.3, -0.25) is 4.79 Å². The summed E-state index contributed by atoms with van der Waals surface area (Å²) >= 11 is 0. The average Bonchev–Trinajstić information content (AvgIpc) is 2.72. The third-order valence-electron chi connectivity index (χ3n) is 2.34. The third kappa shape index (κ3) is 1.43. The van der Waals surface area contributed by atoms with Crippen LogP contribution < -0.4 is 0 Å². The fourth-order valence-corrected chi connectivity index (χ4v) is 1.56. The van der Waals surface area contributed by atoms with Gasteiger partial charge in [0.1, 0.15) is 6.26 Å². The van der Waals surface area contributed by atoms with Crippen LogP contribution in [0.25, 0.3) is 0 Å². The Kier molecular flexibility index (Phi) is 2.04. The molecule has 0 spiro atoms. The highest BCUT2D eigenvalue weighted by atomic mass is 16.5. The first-order chi connectivity index (χ1) is 6.29. The number of carbonyl (C=O) groups is 1. The minimum absolute atomic E-state index is 0.00347. The van der Waals surface area contributed by atoms with E-state index in [0.29, 0.717) is 5.69 Å². The van der Waals surface area contributed by atoms with Crippen molar-refractivity contribution in [3.05, 3.63) is 17.5 Å². The number of likely N-dealkylation sites (tertiary alicyclic amines) is 1. The van der Waals surface area contributed by atoms with E-state index < -0.39 is 0 Å². The van der Waals surface area contributed by atoms with Crippen molar-refractivity contribution in [1.82, 2.24) is 10.1 Å². The van der Waals surface area contributed by atoms with Gasteiger partial charge in [-0.2, -0.15) is 0 Å². The number of carbonyl (C=O) groups excluding carboxylic acids is 1. The van der Waals surface area contributed by atoms with Gasteiger partial charge in [-0.1, -0.05) is 5.16 Å². The first kappa shape index (κ1) is 8.29. The lowest BCUT2D eigenvalue weighted by molar-refractivity contribution is 0.0782. The van der Waals surface area contributed by atoms with Crippen molar-refractivity contribution in [2.24, 2.45) is 0 Å². The van der Waals surface area contributed by atoms with E-state index in [2.05, 4.69) is 5.16 Å². The summed E-state index contributed by atoms with van der Waals surface area (Å²) in [6.45, 7) is 3.54. The second kappa shape index (κ2) is 3.20. The lowest BCUT2D eigenvalue weighted by atomic mass is 10.2. The van der Waals surface area contributed by atoms with Crippen LogP contribution in [0.1, 0.15) is 28.9 Å². The van der Waals surface area contributed by atoms with Crippen molar-refractivity contribution in [1.29, 1.82) is 0 Å². The lowest BCUT2D eigenvalue weighted by Crippen LogP contribution is -2.28. The lowest BCUT2D eigenvalue weighted by Gasteiger charge is -2.12. The molecule has 2 rings (SSSR count). The number of aromatic nitrogens is 1. The summed E-state index contributed by atoms with van der Waals surface area (Å²) in [6, 6.07) is 0. The first-order valence-corrected chi connectivity index (χ1v) is 4.49. The maximum Gasteiger partial charge on any atom is 0.276 e. The first-order valence-electron chi connectivity index (χ1n) is 4.49. The number of nitrogens with zero attached hydrogens (tertiary/aromatic N) is 2. The molecular formula is C9H12N2O2. The molecule has 1 amide bonds. The monoisotopic (exact) mass is 180 g/mol. The molecule has 1 fully saturated rings. The summed E-state index contributed by atoms with van der Waals surface area (Å²) in [5, 5.41) is 3.69. The standard InChI is InChI=1S/C9H12N2O2/c1-7-6-13-10-8(7)9(12)11-4-2-3-5-11/h6H,2-5H2,1H3. The van der Waals surface area contributed by atoms with Crippen LogP contribution in [0.5, 0.6) is 0 Å². The summed E-state index contributed by atoms with van der Waals surface area (Å²) in [5.41, 5.74) is 1.28. The Morgan fingerprint density at radius 3 is 2.77 bits per heavy atom. The van der Waals surface area contributed by atoms with Gasteiger partial charge in [0.15, 0.2) is 5.69 Å². The molecule has 0 unspecified atom stereocenters. The number of rotatable bonds is 1. The number of hydrogen-bond donors (Lipinski definition) is 0. The molecule has 1 saturated heterocycles. The van der Waals surface area contributed by atoms with Crippen molar-refractivity contribution in [2.75, 3.05) is 13.1 Å². The normalized spacial score (nSPS) is 16.5. The summed E-state index contributed by atoms with van der Waals surface area (Å²) in [5.74, 6) is 0.00347. The maximum atomic E-state index is 11.7. The second-order valence-corrected chi connectivity index (χ2v) is 3.35. The summed E-state index contributed by atoms with van der Waals surface area (Å²) < 4.78 is 4.73. The van der Waals surface area contributed by atoms with E-state index >= 15 is 0 Å². The molecule has 0 saturated carbocycles.